The molecular formula is C15H23N5O. The summed E-state index contributed by atoms with van der Waals surface area (Å²) in [6, 6.07) is 7.22. The quantitative estimate of drug-likeness (QED) is 0.752. The van der Waals surface area contributed by atoms with Crippen LogP contribution in [0.3, 0.4) is 0 Å². The molecule has 0 bridgehead atoms. The van der Waals surface area contributed by atoms with Gasteiger partial charge in [0.1, 0.15) is 17.3 Å². The van der Waals surface area contributed by atoms with Crippen LogP contribution in [0, 0.1) is 0 Å². The molecule has 0 amide bonds. The number of nitrogens with one attached hydrogen (secondary N) is 1. The average molecular weight is 289 g/mol. The van der Waals surface area contributed by atoms with Crippen LogP contribution in [0.25, 0.3) is 17.1 Å². The molecule has 0 aromatic carbocycles. The second-order valence-electron chi connectivity index (χ2n) is 3.59. The van der Waals surface area contributed by atoms with Gasteiger partial charge in [0.25, 0.3) is 0 Å². The van der Waals surface area contributed by atoms with Gasteiger partial charge in [0.15, 0.2) is 11.4 Å². The van der Waals surface area contributed by atoms with Crippen molar-refractivity contribution < 1.29 is 4.42 Å². The van der Waals surface area contributed by atoms with Gasteiger partial charge in [-0.25, -0.2) is 4.98 Å². The maximum Gasteiger partial charge on any atom is 0.160 e. The van der Waals surface area contributed by atoms with Gasteiger partial charge in [0.2, 0.25) is 0 Å². The van der Waals surface area contributed by atoms with Crippen LogP contribution in [0.1, 0.15) is 27.7 Å². The number of rotatable bonds is 2. The molecule has 6 nitrogen and oxygen atoms in total. The Bertz CT molecular complexity index is 658. The van der Waals surface area contributed by atoms with Crippen LogP contribution < -0.4 is 11.1 Å². The Morgan fingerprint density at radius 1 is 1.19 bits per heavy atom. The number of aromatic nitrogens is 3. The first kappa shape index (κ1) is 16.6. The molecule has 0 aliphatic heterocycles. The van der Waals surface area contributed by atoms with E-state index in [0.29, 0.717) is 28.7 Å². The molecule has 3 N–H and O–H groups in total. The van der Waals surface area contributed by atoms with Gasteiger partial charge in [0, 0.05) is 19.2 Å². The molecule has 0 radical (unpaired) electrons. The molecule has 3 aromatic heterocycles. The van der Waals surface area contributed by atoms with Gasteiger partial charge in [-0.15, -0.1) is 0 Å². The number of nitrogens with zero attached hydrogens (tertiary/aromatic N) is 3. The van der Waals surface area contributed by atoms with E-state index in [0.717, 1.165) is 0 Å². The largest absolute Gasteiger partial charge is 0.463 e. The van der Waals surface area contributed by atoms with Crippen molar-refractivity contribution >= 4 is 17.3 Å². The van der Waals surface area contributed by atoms with Crippen molar-refractivity contribution in [3.63, 3.8) is 0 Å². The Labute approximate surface area is 125 Å². The lowest BCUT2D eigenvalue weighted by Gasteiger charge is -2.02. The van der Waals surface area contributed by atoms with Crippen LogP contribution in [-0.4, -0.2) is 21.6 Å². The maximum atomic E-state index is 5.89. The fraction of sp³-hybridized carbons (Fsp3) is 0.333. The van der Waals surface area contributed by atoms with E-state index in [-0.39, 0.29) is 0 Å². The molecule has 0 unspecified atom stereocenters. The minimum absolute atomic E-state index is 0.525. The Hall–Kier alpha value is -2.50. The molecule has 0 atom stereocenters. The predicted octanol–water partition coefficient (Wildman–Crippen LogP) is 3.67. The van der Waals surface area contributed by atoms with Crippen molar-refractivity contribution in [1.82, 2.24) is 14.6 Å². The Morgan fingerprint density at radius 3 is 2.48 bits per heavy atom. The number of hydrogen-bond donors (Lipinski definition) is 2. The van der Waals surface area contributed by atoms with E-state index < -0.39 is 0 Å². The van der Waals surface area contributed by atoms with Crippen molar-refractivity contribution in [3.05, 3.63) is 30.5 Å². The fourth-order valence-electron chi connectivity index (χ4n) is 1.67. The Morgan fingerprint density at radius 2 is 1.90 bits per heavy atom. The summed E-state index contributed by atoms with van der Waals surface area (Å²) in [5, 5.41) is 7.29. The topological polar surface area (TPSA) is 81.4 Å². The Balaban J connectivity index is 0.000000510. The van der Waals surface area contributed by atoms with E-state index in [9.17, 15) is 0 Å². The zero-order valence-electron chi connectivity index (χ0n) is 13.2. The van der Waals surface area contributed by atoms with E-state index in [1.807, 2.05) is 45.9 Å². The van der Waals surface area contributed by atoms with E-state index >= 15 is 0 Å². The molecule has 0 spiro atoms. The van der Waals surface area contributed by atoms with Gasteiger partial charge in [-0.3, -0.25) is 0 Å². The molecule has 0 fully saturated rings. The van der Waals surface area contributed by atoms with Crippen molar-refractivity contribution in [2.24, 2.45) is 0 Å². The van der Waals surface area contributed by atoms with Gasteiger partial charge >= 0.3 is 0 Å². The minimum atomic E-state index is 0.525. The van der Waals surface area contributed by atoms with Crippen molar-refractivity contribution in [2.75, 3.05) is 18.1 Å². The molecule has 21 heavy (non-hydrogen) atoms. The predicted molar refractivity (Wildman–Crippen MR) is 87.3 cm³/mol. The summed E-state index contributed by atoms with van der Waals surface area (Å²) in [7, 11) is 1.79. The van der Waals surface area contributed by atoms with Crippen LogP contribution in [0.2, 0.25) is 0 Å². The highest BCUT2D eigenvalue weighted by Crippen LogP contribution is 2.21. The van der Waals surface area contributed by atoms with Crippen LogP contribution in [0.15, 0.2) is 34.9 Å². The molecular weight excluding hydrogens is 266 g/mol. The first-order valence-corrected chi connectivity index (χ1v) is 7.16. The second kappa shape index (κ2) is 7.94. The van der Waals surface area contributed by atoms with Gasteiger partial charge in [-0.05, 0) is 12.1 Å². The summed E-state index contributed by atoms with van der Waals surface area (Å²) < 4.78 is 6.87. The summed E-state index contributed by atoms with van der Waals surface area (Å²) in [6.45, 7) is 8.00. The zero-order valence-corrected chi connectivity index (χ0v) is 13.2. The molecule has 3 heterocycles. The molecule has 0 aliphatic carbocycles. The first-order chi connectivity index (χ1) is 10.3. The summed E-state index contributed by atoms with van der Waals surface area (Å²) in [6.07, 6.45) is 1.61. The SMILES string of the molecule is CC.CC.CNc1cc(N)n2nc(-c3ccco3)cc2n1. The molecule has 3 rings (SSSR count). The number of anilines is 2. The van der Waals surface area contributed by atoms with Gasteiger partial charge < -0.3 is 15.5 Å². The lowest BCUT2D eigenvalue weighted by Crippen LogP contribution is -2.02. The van der Waals surface area contributed by atoms with Crippen molar-refractivity contribution in [1.29, 1.82) is 0 Å². The minimum Gasteiger partial charge on any atom is -0.463 e. The summed E-state index contributed by atoms with van der Waals surface area (Å²) in [5.41, 5.74) is 7.28. The number of nitrogen functional groups attached to an aromatic ring is 1. The third kappa shape index (κ3) is 3.53. The third-order valence-corrected chi connectivity index (χ3v) is 2.48. The van der Waals surface area contributed by atoms with Gasteiger partial charge in [-0.1, -0.05) is 27.7 Å². The van der Waals surface area contributed by atoms with E-state index in [1.165, 1.54) is 0 Å². The molecule has 0 aliphatic rings. The van der Waals surface area contributed by atoms with Gasteiger partial charge in [-0.2, -0.15) is 9.61 Å². The van der Waals surface area contributed by atoms with Crippen LogP contribution in [0.5, 0.6) is 0 Å². The number of fused-ring (bicyclic) bond motifs is 1. The standard InChI is InChI=1S/C11H11N5O.2C2H6/c1-13-10-6-9(12)16-11(14-10)5-7(15-16)8-3-2-4-17-8;2*1-2/h2-6H,12H2,1H3,(H,13,14);2*1-2H3. The lowest BCUT2D eigenvalue weighted by atomic mass is 10.3. The van der Waals surface area contributed by atoms with E-state index in [4.69, 9.17) is 10.2 Å². The van der Waals surface area contributed by atoms with E-state index in [2.05, 4.69) is 15.4 Å². The highest BCUT2D eigenvalue weighted by Gasteiger charge is 2.10. The second-order valence-corrected chi connectivity index (χ2v) is 3.59. The third-order valence-electron chi connectivity index (χ3n) is 2.48. The monoisotopic (exact) mass is 289 g/mol. The highest BCUT2D eigenvalue weighted by atomic mass is 16.3. The fourth-order valence-corrected chi connectivity index (χ4v) is 1.67. The summed E-state index contributed by atoms with van der Waals surface area (Å²) in [5.74, 6) is 1.93. The first-order valence-electron chi connectivity index (χ1n) is 7.16. The summed E-state index contributed by atoms with van der Waals surface area (Å²) in [4.78, 5) is 4.35. The maximum absolute atomic E-state index is 5.89. The van der Waals surface area contributed by atoms with Gasteiger partial charge in [0.05, 0.1) is 6.26 Å². The molecule has 114 valence electrons. The van der Waals surface area contributed by atoms with Crippen LogP contribution in [-0.2, 0) is 0 Å². The van der Waals surface area contributed by atoms with Crippen LogP contribution in [0.4, 0.5) is 11.6 Å². The molecule has 6 heteroatoms. The Kier molecular flexibility index (Phi) is 6.26. The average Bonchev–Trinajstić information content (AvgIpc) is 3.20. The number of furan rings is 1. The highest BCUT2D eigenvalue weighted by molar-refractivity contribution is 5.63. The molecule has 0 saturated heterocycles. The molecule has 3 aromatic rings. The van der Waals surface area contributed by atoms with Crippen molar-refractivity contribution in [2.45, 2.75) is 27.7 Å². The number of nitrogens with two attached hydrogens (primary N) is 1. The number of hydrogen-bond acceptors (Lipinski definition) is 5. The van der Waals surface area contributed by atoms with Crippen LogP contribution >= 0.6 is 0 Å². The smallest absolute Gasteiger partial charge is 0.160 e. The summed E-state index contributed by atoms with van der Waals surface area (Å²) >= 11 is 0. The lowest BCUT2D eigenvalue weighted by molar-refractivity contribution is 0.579. The molecule has 0 saturated carbocycles. The normalized spacial score (nSPS) is 9.38. The van der Waals surface area contributed by atoms with E-state index in [1.54, 1.807) is 23.9 Å². The zero-order chi connectivity index (χ0) is 15.8. The van der Waals surface area contributed by atoms with Crippen molar-refractivity contribution in [3.8, 4) is 11.5 Å².